The summed E-state index contributed by atoms with van der Waals surface area (Å²) in [5, 5.41) is 18.1. The normalized spacial score (nSPS) is 11.2. The minimum Gasteiger partial charge on any atom is -0.706 e. The Bertz CT molecular complexity index is 251. The van der Waals surface area contributed by atoms with Crippen molar-refractivity contribution < 1.29 is 36.0 Å². The molecule has 12 heteroatoms. The van der Waals surface area contributed by atoms with Crippen LogP contribution in [0.1, 0.15) is 0 Å². The second kappa shape index (κ2) is 5.33. The van der Waals surface area contributed by atoms with Crippen LogP contribution in [0.2, 0.25) is 0 Å². The van der Waals surface area contributed by atoms with Crippen LogP contribution in [-0.2, 0) is 27.0 Å². The molecule has 0 radical (unpaired) electrons. The molecule has 10 nitrogen and oxygen atoms in total. The summed E-state index contributed by atoms with van der Waals surface area (Å²) in [5.74, 6) is 0. The van der Waals surface area contributed by atoms with Crippen molar-refractivity contribution in [3.8, 4) is 0 Å². The highest BCUT2D eigenvalue weighted by Gasteiger charge is 2.25. The van der Waals surface area contributed by atoms with Gasteiger partial charge in [-0.3, -0.25) is 0 Å². The minimum absolute atomic E-state index is 0. The van der Waals surface area contributed by atoms with E-state index in [1.54, 1.807) is 0 Å². The smallest absolute Gasteiger partial charge is 0.391 e. The summed E-state index contributed by atoms with van der Waals surface area (Å²) in [6, 6.07) is 0. The Morgan fingerprint density at radius 1 is 0.750 bits per heavy atom. The van der Waals surface area contributed by atoms with Crippen molar-refractivity contribution in [1.82, 2.24) is 12.3 Å². The Labute approximate surface area is 67.4 Å². The van der Waals surface area contributed by atoms with Crippen LogP contribution in [0.15, 0.2) is 0 Å². The zero-order valence-corrected chi connectivity index (χ0v) is 7.72. The van der Waals surface area contributed by atoms with Crippen molar-refractivity contribution in [2.75, 3.05) is 0 Å². The lowest BCUT2D eigenvalue weighted by Crippen LogP contribution is -2.28. The summed E-state index contributed by atoms with van der Waals surface area (Å²) < 4.78 is 43.6. The fourth-order valence-electron chi connectivity index (χ4n) is 0.0680. The predicted octanol–water partition coefficient (Wildman–Crippen LogP) is -3.10. The van der Waals surface area contributed by atoms with Crippen molar-refractivity contribution in [3.05, 3.63) is 0 Å². The molecule has 0 saturated heterocycles. The van der Waals surface area contributed by atoms with Crippen LogP contribution in [0.25, 0.3) is 0 Å². The van der Waals surface area contributed by atoms with Crippen LogP contribution in [-0.4, -0.2) is 16.8 Å². The molecule has 0 rings (SSSR count). The Morgan fingerprint density at radius 3 is 1.00 bits per heavy atom. The van der Waals surface area contributed by atoms with Crippen molar-refractivity contribution in [1.29, 1.82) is 0 Å². The fraction of sp³-hybridized carbons (Fsp3) is 0. The summed E-state index contributed by atoms with van der Waals surface area (Å²) in [5.41, 5.74) is 0. The van der Waals surface area contributed by atoms with Gasteiger partial charge in [0.05, 0.1) is 0 Å². The Hall–Kier alpha value is -0.340. The van der Waals surface area contributed by atoms with Gasteiger partial charge in [-0.15, -0.1) is 0 Å². The van der Waals surface area contributed by atoms with Gasteiger partial charge in [0, 0.05) is 0 Å². The molecule has 0 atom stereocenters. The maximum Gasteiger partial charge on any atom is 0.391 e. The van der Waals surface area contributed by atoms with Crippen molar-refractivity contribution in [2.45, 2.75) is 0 Å². The first-order valence-electron chi connectivity index (χ1n) is 1.50. The molecule has 0 aromatic carbocycles. The fourth-order valence-corrected chi connectivity index (χ4v) is 0.612. The lowest BCUT2D eigenvalue weighted by molar-refractivity contribution is -0.639. The van der Waals surface area contributed by atoms with Crippen LogP contribution in [0.5, 0.6) is 0 Å². The molecule has 0 spiro atoms. The SMILES string of the molecule is O=S(=O)(O[O-])S(=O)(=O)O[O-].[NH4+].[NH4+]. The molecule has 0 aromatic rings. The largest absolute Gasteiger partial charge is 0.706 e. The van der Waals surface area contributed by atoms with Crippen LogP contribution in [0.4, 0.5) is 0 Å². The molecule has 0 aliphatic heterocycles. The second-order valence-corrected chi connectivity index (χ2v) is 5.31. The van der Waals surface area contributed by atoms with Gasteiger partial charge < -0.3 is 31.5 Å². The molecular formula is H8N2O8S2. The molecule has 0 aromatic heterocycles. The molecule has 8 N–H and O–H groups in total. The van der Waals surface area contributed by atoms with E-state index in [-0.39, 0.29) is 12.3 Å². The van der Waals surface area contributed by atoms with Crippen LogP contribution < -0.4 is 22.8 Å². The second-order valence-electron chi connectivity index (χ2n) is 0.953. The van der Waals surface area contributed by atoms with E-state index in [4.69, 9.17) is 10.5 Å². The molecule has 0 fully saturated rings. The summed E-state index contributed by atoms with van der Waals surface area (Å²) in [6.45, 7) is 0. The molecule has 0 aliphatic rings. The zero-order chi connectivity index (χ0) is 8.41. The van der Waals surface area contributed by atoms with Gasteiger partial charge >= 0.3 is 18.3 Å². The van der Waals surface area contributed by atoms with Gasteiger partial charge in [-0.25, -0.2) is 0 Å². The van der Waals surface area contributed by atoms with Gasteiger partial charge in [0.25, 0.3) is 0 Å². The number of quaternary nitrogens is 2. The molecule has 12 heavy (non-hydrogen) atoms. The molecule has 0 bridgehead atoms. The average molecular weight is 228 g/mol. The zero-order valence-electron chi connectivity index (χ0n) is 6.08. The topological polar surface area (TPSA) is 206 Å². The highest BCUT2D eigenvalue weighted by Crippen LogP contribution is 2.00. The number of hydrogen-bond acceptors (Lipinski definition) is 8. The van der Waals surface area contributed by atoms with Gasteiger partial charge in [0.2, 0.25) is 0 Å². The van der Waals surface area contributed by atoms with Gasteiger partial charge in [-0.1, -0.05) is 0 Å². The van der Waals surface area contributed by atoms with E-state index in [0.717, 1.165) is 0 Å². The summed E-state index contributed by atoms with van der Waals surface area (Å²) in [6.07, 6.45) is 0. The highest BCUT2D eigenvalue weighted by atomic mass is 33.2. The Balaban J connectivity index is -0.000000405. The summed E-state index contributed by atoms with van der Waals surface area (Å²) in [7, 11) is -10.9. The molecule has 0 saturated carbocycles. The van der Waals surface area contributed by atoms with Crippen molar-refractivity contribution in [3.63, 3.8) is 0 Å². The van der Waals surface area contributed by atoms with E-state index in [0.29, 0.717) is 0 Å². The van der Waals surface area contributed by atoms with E-state index in [1.165, 1.54) is 0 Å². The molecule has 0 amide bonds. The minimum atomic E-state index is -5.47. The number of rotatable bonds is 3. The first-order chi connectivity index (χ1) is 4.37. The molecule has 0 heterocycles. The van der Waals surface area contributed by atoms with Crippen molar-refractivity contribution in [2.24, 2.45) is 0 Å². The molecule has 0 unspecified atom stereocenters. The van der Waals surface area contributed by atoms with Gasteiger partial charge in [-0.2, -0.15) is 16.8 Å². The predicted molar refractivity (Wildman–Crippen MR) is 32.0 cm³/mol. The van der Waals surface area contributed by atoms with E-state index >= 15 is 0 Å². The molecule has 78 valence electrons. The average Bonchev–Trinajstić information content (AvgIpc) is 1.88. The van der Waals surface area contributed by atoms with Gasteiger partial charge in [-0.05, 0) is 0 Å². The maximum atomic E-state index is 9.80. The third-order valence-electron chi connectivity index (χ3n) is 0.417. The van der Waals surface area contributed by atoms with Crippen LogP contribution >= 0.6 is 0 Å². The summed E-state index contributed by atoms with van der Waals surface area (Å²) >= 11 is 0. The monoisotopic (exact) mass is 228 g/mol. The van der Waals surface area contributed by atoms with Crippen molar-refractivity contribution >= 4 is 18.3 Å². The molecule has 0 aliphatic carbocycles. The van der Waals surface area contributed by atoms with Gasteiger partial charge in [0.15, 0.2) is 0 Å². The van der Waals surface area contributed by atoms with E-state index < -0.39 is 18.3 Å². The lowest BCUT2D eigenvalue weighted by Gasteiger charge is -2.09. The lowest BCUT2D eigenvalue weighted by atomic mass is 14.0. The molecular weight excluding hydrogens is 220 g/mol. The third-order valence-corrected chi connectivity index (χ3v) is 3.08. The third kappa shape index (κ3) is 3.37. The first kappa shape index (κ1) is 17.7. The van der Waals surface area contributed by atoms with E-state index in [9.17, 15) is 16.8 Å². The van der Waals surface area contributed by atoms with Crippen LogP contribution in [0.3, 0.4) is 0 Å². The van der Waals surface area contributed by atoms with Gasteiger partial charge in [0.1, 0.15) is 0 Å². The standard InChI is InChI=1S/2H3N.H2O8S2/c;;1-7-9(3,4)10(5,6)8-2/h2*1H3;1-2H. The highest BCUT2D eigenvalue weighted by molar-refractivity contribution is 8.63. The Morgan fingerprint density at radius 2 is 0.917 bits per heavy atom. The number of hydrogen-bond donors (Lipinski definition) is 2. The summed E-state index contributed by atoms with van der Waals surface area (Å²) in [4.78, 5) is 0. The first-order valence-corrected chi connectivity index (χ1v) is 4.83. The van der Waals surface area contributed by atoms with E-state index in [2.05, 4.69) is 8.67 Å². The van der Waals surface area contributed by atoms with E-state index in [1.807, 2.05) is 0 Å². The maximum absolute atomic E-state index is 9.80. The van der Waals surface area contributed by atoms with Crippen LogP contribution in [0, 0.1) is 0 Å². The Kier molecular flexibility index (Phi) is 7.85. The quantitative estimate of drug-likeness (QED) is 0.286.